The molecule has 1 amide bonds. The van der Waals surface area contributed by atoms with Gasteiger partial charge >= 0.3 is 6.09 Å². The van der Waals surface area contributed by atoms with Crippen molar-refractivity contribution in [1.29, 1.82) is 0 Å². The molecule has 0 aromatic rings. The van der Waals surface area contributed by atoms with Gasteiger partial charge in [0, 0.05) is 46.8 Å². The Morgan fingerprint density at radius 1 is 1.38 bits per heavy atom. The minimum absolute atomic E-state index is 0.0784. The van der Waals surface area contributed by atoms with Gasteiger partial charge in [0.15, 0.2) is 0 Å². The smallest absolute Gasteiger partial charge is 0.409 e. The number of likely N-dealkylation sites (tertiary alicyclic amines) is 1. The Morgan fingerprint density at radius 2 is 2.05 bits per heavy atom. The molecule has 1 rings (SSSR count). The fraction of sp³-hybridized carbons (Fsp3) is 0.917. The molecule has 1 fully saturated rings. The van der Waals surface area contributed by atoms with Gasteiger partial charge in [-0.1, -0.05) is 0 Å². The van der Waals surface area contributed by atoms with Crippen LogP contribution in [-0.2, 0) is 14.9 Å². The van der Waals surface area contributed by atoms with Crippen molar-refractivity contribution in [3.8, 4) is 0 Å². The number of amides is 1. The van der Waals surface area contributed by atoms with E-state index in [4.69, 9.17) is 4.74 Å². The van der Waals surface area contributed by atoms with Crippen LogP contribution >= 0.6 is 0 Å². The number of carbonyl (C=O) groups excluding carboxylic acids is 1. The molecule has 0 aromatic heterocycles. The molecule has 1 saturated heterocycles. The lowest BCUT2D eigenvalue weighted by atomic mass is 10.3. The first-order chi connectivity index (χ1) is 9.76. The lowest BCUT2D eigenvalue weighted by molar-refractivity contribution is 0.112. The largest absolute Gasteiger partial charge is 0.450 e. The van der Waals surface area contributed by atoms with Crippen LogP contribution in [0.2, 0.25) is 0 Å². The number of hydrogen-bond acceptors (Lipinski definition) is 5. The second-order valence-corrected chi connectivity index (χ2v) is 7.23. The SMILES string of the molecule is CCOC(=O)N(C)CCN1CC[C@H](NS(=O)(=O)N(C)C)C1. The lowest BCUT2D eigenvalue weighted by Crippen LogP contribution is -2.43. The number of nitrogens with zero attached hydrogens (tertiary/aromatic N) is 3. The van der Waals surface area contributed by atoms with E-state index in [1.807, 2.05) is 0 Å². The number of rotatable bonds is 7. The molecule has 0 aliphatic carbocycles. The number of ether oxygens (including phenoxy) is 1. The van der Waals surface area contributed by atoms with E-state index in [9.17, 15) is 13.2 Å². The average Bonchev–Trinajstić information content (AvgIpc) is 2.82. The summed E-state index contributed by atoms with van der Waals surface area (Å²) in [4.78, 5) is 15.1. The molecule has 124 valence electrons. The van der Waals surface area contributed by atoms with Crippen LogP contribution in [0, 0.1) is 0 Å². The molecule has 1 atom stereocenters. The normalized spacial score (nSPS) is 20.0. The van der Waals surface area contributed by atoms with Crippen molar-refractivity contribution in [2.45, 2.75) is 19.4 Å². The molecule has 1 aliphatic heterocycles. The van der Waals surface area contributed by atoms with Gasteiger partial charge in [-0.15, -0.1) is 0 Å². The van der Waals surface area contributed by atoms with Crippen molar-refractivity contribution in [3.05, 3.63) is 0 Å². The monoisotopic (exact) mass is 322 g/mol. The Morgan fingerprint density at radius 3 is 2.62 bits per heavy atom. The van der Waals surface area contributed by atoms with Crippen molar-refractivity contribution in [3.63, 3.8) is 0 Å². The summed E-state index contributed by atoms with van der Waals surface area (Å²) < 4.78 is 32.2. The van der Waals surface area contributed by atoms with Crippen LogP contribution in [-0.4, -0.2) is 88.6 Å². The topological polar surface area (TPSA) is 82.2 Å². The third-order valence-electron chi connectivity index (χ3n) is 3.40. The first-order valence-corrected chi connectivity index (χ1v) is 8.50. The summed E-state index contributed by atoms with van der Waals surface area (Å²) in [5, 5.41) is 0. The van der Waals surface area contributed by atoms with E-state index in [1.54, 1.807) is 14.0 Å². The van der Waals surface area contributed by atoms with Crippen LogP contribution in [0.5, 0.6) is 0 Å². The van der Waals surface area contributed by atoms with Crippen LogP contribution in [0.3, 0.4) is 0 Å². The maximum Gasteiger partial charge on any atom is 0.409 e. The molecule has 1 heterocycles. The van der Waals surface area contributed by atoms with Gasteiger partial charge in [-0.05, 0) is 19.9 Å². The standard InChI is InChI=1S/C12H26N4O4S/c1-5-20-12(17)15(4)8-9-16-7-6-11(10-16)13-21(18,19)14(2)3/h11,13H,5-10H2,1-4H3/t11-/m0/s1. The molecule has 0 saturated carbocycles. The quantitative estimate of drug-likeness (QED) is 0.686. The molecule has 0 radical (unpaired) electrons. The van der Waals surface area contributed by atoms with E-state index in [0.717, 1.165) is 13.0 Å². The molecule has 8 nitrogen and oxygen atoms in total. The van der Waals surface area contributed by atoms with E-state index < -0.39 is 10.2 Å². The predicted octanol–water partition coefficient (Wildman–Crippen LogP) is -0.455. The number of likely N-dealkylation sites (N-methyl/N-ethyl adjacent to an activating group) is 1. The van der Waals surface area contributed by atoms with Gasteiger partial charge in [-0.2, -0.15) is 17.4 Å². The second kappa shape index (κ2) is 7.92. The first kappa shape index (κ1) is 18.1. The fourth-order valence-corrected chi connectivity index (χ4v) is 2.89. The highest BCUT2D eigenvalue weighted by Crippen LogP contribution is 2.10. The maximum absolute atomic E-state index is 11.7. The third-order valence-corrected chi connectivity index (χ3v) is 4.99. The zero-order valence-electron chi connectivity index (χ0n) is 13.2. The first-order valence-electron chi connectivity index (χ1n) is 7.06. The van der Waals surface area contributed by atoms with Crippen molar-refractivity contribution in [2.24, 2.45) is 0 Å². The predicted molar refractivity (Wildman–Crippen MR) is 80.2 cm³/mol. The van der Waals surface area contributed by atoms with Gasteiger partial charge in [0.05, 0.1) is 6.61 Å². The Bertz CT molecular complexity index is 441. The van der Waals surface area contributed by atoms with E-state index in [-0.39, 0.29) is 12.1 Å². The molecular weight excluding hydrogens is 296 g/mol. The number of nitrogens with one attached hydrogen (secondary N) is 1. The summed E-state index contributed by atoms with van der Waals surface area (Å²) in [5.41, 5.74) is 0. The number of hydrogen-bond donors (Lipinski definition) is 1. The molecular formula is C12H26N4O4S. The highest BCUT2D eigenvalue weighted by molar-refractivity contribution is 7.87. The molecule has 1 N–H and O–H groups in total. The summed E-state index contributed by atoms with van der Waals surface area (Å²) in [7, 11) is 1.32. The van der Waals surface area contributed by atoms with E-state index in [0.29, 0.717) is 26.2 Å². The Kier molecular flexibility index (Phi) is 6.85. The highest BCUT2D eigenvalue weighted by atomic mass is 32.2. The van der Waals surface area contributed by atoms with Gasteiger partial charge in [-0.25, -0.2) is 4.79 Å². The van der Waals surface area contributed by atoms with Crippen molar-refractivity contribution in [2.75, 3.05) is 53.9 Å². The van der Waals surface area contributed by atoms with Gasteiger partial charge < -0.3 is 9.64 Å². The summed E-state index contributed by atoms with van der Waals surface area (Å²) in [5.74, 6) is 0. The van der Waals surface area contributed by atoms with Crippen LogP contribution in [0.1, 0.15) is 13.3 Å². The molecule has 0 spiro atoms. The highest BCUT2D eigenvalue weighted by Gasteiger charge is 2.27. The molecule has 21 heavy (non-hydrogen) atoms. The van der Waals surface area contributed by atoms with Crippen LogP contribution in [0.25, 0.3) is 0 Å². The summed E-state index contributed by atoms with van der Waals surface area (Å²) >= 11 is 0. The zero-order valence-corrected chi connectivity index (χ0v) is 14.0. The zero-order chi connectivity index (χ0) is 16.0. The van der Waals surface area contributed by atoms with Gasteiger partial charge in [0.1, 0.15) is 0 Å². The van der Waals surface area contributed by atoms with Crippen molar-refractivity contribution >= 4 is 16.3 Å². The number of carbonyl (C=O) groups is 1. The fourth-order valence-electron chi connectivity index (χ4n) is 2.06. The van der Waals surface area contributed by atoms with Crippen molar-refractivity contribution in [1.82, 2.24) is 18.8 Å². The average molecular weight is 322 g/mol. The summed E-state index contributed by atoms with van der Waals surface area (Å²) in [6.45, 7) is 4.87. The minimum atomic E-state index is -3.38. The lowest BCUT2D eigenvalue weighted by Gasteiger charge is -2.22. The van der Waals surface area contributed by atoms with E-state index >= 15 is 0 Å². The van der Waals surface area contributed by atoms with Gasteiger partial charge in [-0.3, -0.25) is 4.90 Å². The van der Waals surface area contributed by atoms with E-state index in [1.165, 1.54) is 23.3 Å². The third kappa shape index (κ3) is 5.77. The second-order valence-electron chi connectivity index (χ2n) is 5.31. The van der Waals surface area contributed by atoms with Gasteiger partial charge in [0.2, 0.25) is 0 Å². The Hall–Kier alpha value is -0.900. The van der Waals surface area contributed by atoms with Crippen LogP contribution in [0.4, 0.5) is 4.79 Å². The maximum atomic E-state index is 11.7. The summed E-state index contributed by atoms with van der Waals surface area (Å²) in [6, 6.07) is -0.0784. The Balaban J connectivity index is 2.34. The van der Waals surface area contributed by atoms with E-state index in [2.05, 4.69) is 9.62 Å². The molecule has 0 unspecified atom stereocenters. The summed E-state index contributed by atoms with van der Waals surface area (Å²) in [6.07, 6.45) is 0.442. The van der Waals surface area contributed by atoms with Crippen LogP contribution in [0.15, 0.2) is 0 Å². The minimum Gasteiger partial charge on any atom is -0.450 e. The molecule has 0 aromatic carbocycles. The molecule has 9 heteroatoms. The van der Waals surface area contributed by atoms with Crippen LogP contribution < -0.4 is 4.72 Å². The molecule has 0 bridgehead atoms. The van der Waals surface area contributed by atoms with Crippen molar-refractivity contribution < 1.29 is 17.9 Å². The van der Waals surface area contributed by atoms with Gasteiger partial charge in [0.25, 0.3) is 10.2 Å². The molecule has 1 aliphatic rings. The Labute approximate surface area is 127 Å².